The normalized spacial score (nSPS) is 10.9. The zero-order chi connectivity index (χ0) is 26.4. The summed E-state index contributed by atoms with van der Waals surface area (Å²) in [5.41, 5.74) is 1.74. The number of carbonyl (C=O) groups is 2. The first-order chi connectivity index (χ1) is 17.7. The first-order valence-electron chi connectivity index (χ1n) is 11.0. The van der Waals surface area contributed by atoms with Crippen LogP contribution >= 0.6 is 15.9 Å². The molecule has 0 aliphatic rings. The molecule has 2 amide bonds. The number of hydrogen-bond donors (Lipinski definition) is 3. The Kier molecular flexibility index (Phi) is 7.90. The Morgan fingerprint density at radius 3 is 1.92 bits per heavy atom. The van der Waals surface area contributed by atoms with Crippen LogP contribution in [0.3, 0.4) is 0 Å². The topological polar surface area (TPSA) is 114 Å². The highest BCUT2D eigenvalue weighted by atomic mass is 79.9. The quantitative estimate of drug-likeness (QED) is 0.245. The minimum Gasteiger partial charge on any atom is -0.497 e. The highest BCUT2D eigenvalue weighted by Crippen LogP contribution is 2.23. The molecule has 0 heterocycles. The number of para-hydroxylation sites is 1. The lowest BCUT2D eigenvalue weighted by Crippen LogP contribution is -2.18. The molecule has 188 valence electrons. The van der Waals surface area contributed by atoms with Crippen LogP contribution in [0.15, 0.2) is 106 Å². The lowest BCUT2D eigenvalue weighted by molar-refractivity contribution is 0.102. The van der Waals surface area contributed by atoms with Gasteiger partial charge in [0.15, 0.2) is 0 Å². The van der Waals surface area contributed by atoms with Crippen molar-refractivity contribution in [3.63, 3.8) is 0 Å². The third-order valence-corrected chi connectivity index (χ3v) is 7.20. The van der Waals surface area contributed by atoms with E-state index in [0.29, 0.717) is 22.7 Å². The van der Waals surface area contributed by atoms with Gasteiger partial charge in [0, 0.05) is 21.4 Å². The Balaban J connectivity index is 1.44. The number of halogens is 1. The van der Waals surface area contributed by atoms with Crippen molar-refractivity contribution in [1.29, 1.82) is 0 Å². The van der Waals surface area contributed by atoms with E-state index in [-0.39, 0.29) is 22.1 Å². The Bertz CT molecular complexity index is 1520. The van der Waals surface area contributed by atoms with Crippen LogP contribution in [0.5, 0.6) is 5.75 Å². The third kappa shape index (κ3) is 6.54. The molecule has 0 fully saturated rings. The number of anilines is 3. The molecule has 10 heteroatoms. The van der Waals surface area contributed by atoms with E-state index >= 15 is 0 Å². The average molecular weight is 580 g/mol. The van der Waals surface area contributed by atoms with Crippen molar-refractivity contribution in [1.82, 2.24) is 0 Å². The highest BCUT2D eigenvalue weighted by Gasteiger charge is 2.19. The first-order valence-corrected chi connectivity index (χ1v) is 13.3. The second-order valence-electron chi connectivity index (χ2n) is 7.82. The number of sulfonamides is 1. The summed E-state index contributed by atoms with van der Waals surface area (Å²) in [6.45, 7) is 0. The standard InChI is InChI=1S/C27H22BrN3O5S/c1-36-22-14-12-21(13-15-22)29-26(32)18-6-10-20(11-7-18)30-27(33)24-4-2-3-5-25(24)31-37(34,35)23-16-8-19(28)9-17-23/h2-17,31H,1H3,(H,29,32)(H,30,33). The fourth-order valence-corrected chi connectivity index (χ4v) is 4.71. The maximum absolute atomic E-state index is 13.0. The lowest BCUT2D eigenvalue weighted by Gasteiger charge is -2.13. The maximum Gasteiger partial charge on any atom is 0.261 e. The van der Waals surface area contributed by atoms with Crippen LogP contribution in [0.25, 0.3) is 0 Å². The Hall–Kier alpha value is -4.15. The summed E-state index contributed by atoms with van der Waals surface area (Å²) in [5, 5.41) is 5.53. The summed E-state index contributed by atoms with van der Waals surface area (Å²) in [4.78, 5) is 25.6. The lowest BCUT2D eigenvalue weighted by atomic mass is 10.1. The molecule has 8 nitrogen and oxygen atoms in total. The van der Waals surface area contributed by atoms with Gasteiger partial charge in [-0.25, -0.2) is 8.42 Å². The summed E-state index contributed by atoms with van der Waals surface area (Å²) in [6, 6.07) is 25.7. The van der Waals surface area contributed by atoms with Gasteiger partial charge in [0.1, 0.15) is 5.75 Å². The molecule has 0 unspecified atom stereocenters. The first kappa shape index (κ1) is 25.9. The van der Waals surface area contributed by atoms with Gasteiger partial charge in [-0.2, -0.15) is 0 Å². The van der Waals surface area contributed by atoms with E-state index in [1.54, 1.807) is 79.9 Å². The van der Waals surface area contributed by atoms with Gasteiger partial charge >= 0.3 is 0 Å². The van der Waals surface area contributed by atoms with Crippen molar-refractivity contribution in [2.45, 2.75) is 4.90 Å². The SMILES string of the molecule is COc1ccc(NC(=O)c2ccc(NC(=O)c3ccccc3NS(=O)(=O)c3ccc(Br)cc3)cc2)cc1. The van der Waals surface area contributed by atoms with E-state index in [1.807, 2.05) is 0 Å². The number of benzene rings is 4. The molecule has 4 aromatic rings. The number of hydrogen-bond acceptors (Lipinski definition) is 5. The number of ether oxygens (including phenoxy) is 1. The van der Waals surface area contributed by atoms with Crippen molar-refractivity contribution < 1.29 is 22.7 Å². The van der Waals surface area contributed by atoms with Crippen LogP contribution in [-0.4, -0.2) is 27.3 Å². The molecule has 0 saturated heterocycles. The molecule has 0 bridgehead atoms. The molecule has 0 radical (unpaired) electrons. The largest absolute Gasteiger partial charge is 0.497 e. The van der Waals surface area contributed by atoms with Gasteiger partial charge < -0.3 is 15.4 Å². The number of rotatable bonds is 8. The van der Waals surface area contributed by atoms with Crippen molar-refractivity contribution >= 4 is 54.8 Å². The van der Waals surface area contributed by atoms with E-state index in [2.05, 4.69) is 31.3 Å². The summed E-state index contributed by atoms with van der Waals surface area (Å²) in [5.74, 6) is -0.138. The fourth-order valence-electron chi connectivity index (χ4n) is 3.37. The van der Waals surface area contributed by atoms with Crippen molar-refractivity contribution in [3.05, 3.63) is 113 Å². The van der Waals surface area contributed by atoms with Gasteiger partial charge in [0.25, 0.3) is 21.8 Å². The minimum absolute atomic E-state index is 0.0643. The minimum atomic E-state index is -3.91. The smallest absolute Gasteiger partial charge is 0.261 e. The molecule has 0 aliphatic heterocycles. The number of methoxy groups -OCH3 is 1. The van der Waals surface area contributed by atoms with Gasteiger partial charge in [0.05, 0.1) is 23.3 Å². The molecule has 3 N–H and O–H groups in total. The van der Waals surface area contributed by atoms with Crippen molar-refractivity contribution in [3.8, 4) is 5.75 Å². The Morgan fingerprint density at radius 1 is 0.730 bits per heavy atom. The number of nitrogens with one attached hydrogen (secondary N) is 3. The second kappa shape index (κ2) is 11.3. The Labute approximate surface area is 222 Å². The van der Waals surface area contributed by atoms with Gasteiger partial charge in [-0.15, -0.1) is 0 Å². The molecular formula is C27H22BrN3O5S. The molecule has 0 aromatic heterocycles. The van der Waals surface area contributed by atoms with E-state index in [9.17, 15) is 18.0 Å². The van der Waals surface area contributed by atoms with E-state index in [0.717, 1.165) is 4.47 Å². The average Bonchev–Trinajstić information content (AvgIpc) is 2.90. The molecule has 0 aliphatic carbocycles. The molecule has 4 rings (SSSR count). The van der Waals surface area contributed by atoms with Crippen molar-refractivity contribution in [2.75, 3.05) is 22.5 Å². The van der Waals surface area contributed by atoms with Crippen LogP contribution in [-0.2, 0) is 10.0 Å². The van der Waals surface area contributed by atoms with Crippen molar-refractivity contribution in [2.24, 2.45) is 0 Å². The molecule has 0 saturated carbocycles. The Morgan fingerprint density at radius 2 is 1.30 bits per heavy atom. The third-order valence-electron chi connectivity index (χ3n) is 5.29. The van der Waals surface area contributed by atoms with Gasteiger partial charge in [0.2, 0.25) is 0 Å². The van der Waals surface area contributed by atoms with Crippen LogP contribution < -0.4 is 20.1 Å². The monoisotopic (exact) mass is 579 g/mol. The summed E-state index contributed by atoms with van der Waals surface area (Å²) < 4.78 is 33.9. The highest BCUT2D eigenvalue weighted by molar-refractivity contribution is 9.10. The fraction of sp³-hybridized carbons (Fsp3) is 0.0370. The van der Waals surface area contributed by atoms with Gasteiger partial charge in [-0.05, 0) is 84.9 Å². The maximum atomic E-state index is 13.0. The van der Waals surface area contributed by atoms with Gasteiger partial charge in [-0.1, -0.05) is 28.1 Å². The summed E-state index contributed by atoms with van der Waals surface area (Å²) >= 11 is 3.28. The molecule has 37 heavy (non-hydrogen) atoms. The van der Waals surface area contributed by atoms with Crippen LogP contribution in [0.4, 0.5) is 17.1 Å². The zero-order valence-electron chi connectivity index (χ0n) is 19.6. The second-order valence-corrected chi connectivity index (χ2v) is 10.4. The van der Waals surface area contributed by atoms with E-state index in [1.165, 1.54) is 24.3 Å². The van der Waals surface area contributed by atoms with Crippen LogP contribution in [0.2, 0.25) is 0 Å². The zero-order valence-corrected chi connectivity index (χ0v) is 22.0. The summed E-state index contributed by atoms with van der Waals surface area (Å²) in [6.07, 6.45) is 0. The molecule has 4 aromatic carbocycles. The number of carbonyl (C=O) groups excluding carboxylic acids is 2. The summed E-state index contributed by atoms with van der Waals surface area (Å²) in [7, 11) is -2.34. The number of amides is 2. The predicted octanol–water partition coefficient (Wildman–Crippen LogP) is 5.76. The van der Waals surface area contributed by atoms with Crippen LogP contribution in [0, 0.1) is 0 Å². The van der Waals surface area contributed by atoms with E-state index < -0.39 is 15.9 Å². The van der Waals surface area contributed by atoms with Gasteiger partial charge in [-0.3, -0.25) is 14.3 Å². The predicted molar refractivity (Wildman–Crippen MR) is 147 cm³/mol. The molecule has 0 atom stereocenters. The van der Waals surface area contributed by atoms with E-state index in [4.69, 9.17) is 4.74 Å². The van der Waals surface area contributed by atoms with Crippen LogP contribution in [0.1, 0.15) is 20.7 Å². The molecule has 0 spiro atoms. The molecular weight excluding hydrogens is 558 g/mol.